The third kappa shape index (κ3) is 3.26. The van der Waals surface area contributed by atoms with E-state index in [9.17, 15) is 18.4 Å². The molecule has 1 aromatic heterocycles. The summed E-state index contributed by atoms with van der Waals surface area (Å²) < 4.78 is 27.6. The molecule has 136 valence electrons. The molecule has 0 spiro atoms. The van der Waals surface area contributed by atoms with Gasteiger partial charge >= 0.3 is 0 Å². The topological polar surface area (TPSA) is 67.2 Å². The van der Waals surface area contributed by atoms with E-state index in [0.29, 0.717) is 19.0 Å². The van der Waals surface area contributed by atoms with Gasteiger partial charge in [-0.15, -0.1) is 0 Å². The number of carbonyl (C=O) groups excluding carboxylic acids is 2. The van der Waals surface area contributed by atoms with Crippen molar-refractivity contribution in [1.29, 1.82) is 0 Å². The molecule has 2 saturated carbocycles. The average molecular weight is 352 g/mol. The minimum Gasteiger partial charge on any atom is -0.353 e. The van der Waals surface area contributed by atoms with Gasteiger partial charge in [-0.1, -0.05) is 6.92 Å². The van der Waals surface area contributed by atoms with Gasteiger partial charge in [0, 0.05) is 37.5 Å². The van der Waals surface area contributed by atoms with Gasteiger partial charge in [0.2, 0.25) is 11.8 Å². The summed E-state index contributed by atoms with van der Waals surface area (Å²) in [5, 5.41) is 6.94. The molecule has 1 N–H and O–H groups in total. The predicted molar refractivity (Wildman–Crippen MR) is 84.7 cm³/mol. The summed E-state index contributed by atoms with van der Waals surface area (Å²) >= 11 is 0. The van der Waals surface area contributed by atoms with E-state index in [1.807, 2.05) is 6.07 Å². The Morgan fingerprint density at radius 1 is 1.40 bits per heavy atom. The van der Waals surface area contributed by atoms with E-state index >= 15 is 0 Å². The average Bonchev–Trinajstić information content (AvgIpc) is 3.05. The number of halogens is 2. The first-order valence-electron chi connectivity index (χ1n) is 8.81. The number of hydrogen-bond acceptors (Lipinski definition) is 3. The lowest BCUT2D eigenvalue weighted by molar-refractivity contribution is -0.137. The fourth-order valence-corrected chi connectivity index (χ4v) is 3.87. The number of hydrogen-bond donors (Lipinski definition) is 1. The Morgan fingerprint density at radius 2 is 2.12 bits per heavy atom. The third-order valence-corrected chi connectivity index (χ3v) is 5.50. The van der Waals surface area contributed by atoms with Gasteiger partial charge in [0.25, 0.3) is 5.92 Å². The highest BCUT2D eigenvalue weighted by Crippen LogP contribution is 2.40. The van der Waals surface area contributed by atoms with Crippen LogP contribution in [0.15, 0.2) is 12.3 Å². The summed E-state index contributed by atoms with van der Waals surface area (Å²) in [6.45, 7) is 3.01. The molecule has 8 heteroatoms. The summed E-state index contributed by atoms with van der Waals surface area (Å²) in [6.07, 6.45) is 2.15. The Labute approximate surface area is 144 Å². The first-order chi connectivity index (χ1) is 11.8. The van der Waals surface area contributed by atoms with E-state index in [2.05, 4.69) is 17.3 Å². The number of aromatic nitrogens is 2. The second-order valence-electron chi connectivity index (χ2n) is 7.69. The SMILES string of the molecule is C[C@@H]1C[C@H]1C(=O)N1Cc2ccnn2[C@H](CC(=O)NC2CC(F)(F)C2)C1. The Bertz CT molecular complexity index is 697. The highest BCUT2D eigenvalue weighted by Gasteiger charge is 2.46. The number of nitrogens with one attached hydrogen (secondary N) is 1. The van der Waals surface area contributed by atoms with Crippen molar-refractivity contribution in [3.63, 3.8) is 0 Å². The van der Waals surface area contributed by atoms with E-state index in [1.54, 1.807) is 15.8 Å². The molecule has 6 nitrogen and oxygen atoms in total. The van der Waals surface area contributed by atoms with Crippen LogP contribution in [0.3, 0.4) is 0 Å². The molecule has 0 radical (unpaired) electrons. The highest BCUT2D eigenvalue weighted by atomic mass is 19.3. The zero-order chi connectivity index (χ0) is 17.8. The van der Waals surface area contributed by atoms with Crippen LogP contribution in [0, 0.1) is 11.8 Å². The summed E-state index contributed by atoms with van der Waals surface area (Å²) in [4.78, 5) is 26.6. The van der Waals surface area contributed by atoms with Gasteiger partial charge in [0.15, 0.2) is 0 Å². The number of carbonyl (C=O) groups is 2. The van der Waals surface area contributed by atoms with Gasteiger partial charge < -0.3 is 10.2 Å². The molecule has 25 heavy (non-hydrogen) atoms. The molecular formula is C17H22F2N4O2. The summed E-state index contributed by atoms with van der Waals surface area (Å²) in [7, 11) is 0. The van der Waals surface area contributed by atoms with Crippen molar-refractivity contribution < 1.29 is 18.4 Å². The van der Waals surface area contributed by atoms with E-state index < -0.39 is 12.0 Å². The molecule has 3 atom stereocenters. The second kappa shape index (κ2) is 5.78. The third-order valence-electron chi connectivity index (χ3n) is 5.50. The first-order valence-corrected chi connectivity index (χ1v) is 8.81. The molecule has 0 aromatic carbocycles. The number of alkyl halides is 2. The van der Waals surface area contributed by atoms with Gasteiger partial charge in [-0.2, -0.15) is 5.10 Å². The second-order valence-corrected chi connectivity index (χ2v) is 7.69. The van der Waals surface area contributed by atoms with Crippen molar-refractivity contribution in [2.24, 2.45) is 11.8 Å². The van der Waals surface area contributed by atoms with Crippen LogP contribution < -0.4 is 5.32 Å². The lowest BCUT2D eigenvalue weighted by atomic mass is 9.88. The minimum absolute atomic E-state index is 0.0983. The minimum atomic E-state index is -2.65. The lowest BCUT2D eigenvalue weighted by Gasteiger charge is -2.37. The number of fused-ring (bicyclic) bond motifs is 1. The molecule has 2 heterocycles. The molecule has 0 unspecified atom stereocenters. The van der Waals surface area contributed by atoms with Crippen LogP contribution in [-0.4, -0.2) is 45.0 Å². The molecule has 4 rings (SSSR count). The fraction of sp³-hybridized carbons (Fsp3) is 0.706. The van der Waals surface area contributed by atoms with Crippen LogP contribution >= 0.6 is 0 Å². The molecule has 3 aliphatic rings. The van der Waals surface area contributed by atoms with Crippen LogP contribution in [0.5, 0.6) is 0 Å². The standard InChI is InChI=1S/C17H22F2N4O2/c1-10-4-14(10)16(25)22-8-12-2-3-20-23(12)13(9-22)5-15(24)21-11-6-17(18,19)7-11/h2-3,10-11,13-14H,4-9H2,1H3,(H,21,24)/t10-,13-,14-/m1/s1. The van der Waals surface area contributed by atoms with Crippen molar-refractivity contribution in [2.75, 3.05) is 6.54 Å². The van der Waals surface area contributed by atoms with Gasteiger partial charge in [-0.3, -0.25) is 14.3 Å². The Kier molecular flexibility index (Phi) is 3.81. The smallest absolute Gasteiger partial charge is 0.252 e. The Morgan fingerprint density at radius 3 is 2.76 bits per heavy atom. The number of amides is 2. The molecule has 2 aliphatic carbocycles. The predicted octanol–water partition coefficient (Wildman–Crippen LogP) is 1.73. The van der Waals surface area contributed by atoms with E-state index in [4.69, 9.17) is 0 Å². The fourth-order valence-electron chi connectivity index (χ4n) is 3.87. The molecule has 2 amide bonds. The van der Waals surface area contributed by atoms with Crippen molar-refractivity contribution >= 4 is 11.8 Å². The van der Waals surface area contributed by atoms with Crippen molar-refractivity contribution in [1.82, 2.24) is 20.0 Å². The molecule has 0 saturated heterocycles. The van der Waals surface area contributed by atoms with E-state index in [-0.39, 0.29) is 43.0 Å². The largest absolute Gasteiger partial charge is 0.353 e. The van der Waals surface area contributed by atoms with Crippen LogP contribution in [0.1, 0.15) is 44.3 Å². The maximum atomic E-state index is 12.9. The quantitative estimate of drug-likeness (QED) is 0.897. The molecular weight excluding hydrogens is 330 g/mol. The molecule has 0 bridgehead atoms. The Hall–Kier alpha value is -1.99. The van der Waals surface area contributed by atoms with Crippen molar-refractivity contribution in [2.45, 2.75) is 57.2 Å². The molecule has 1 aliphatic heterocycles. The van der Waals surface area contributed by atoms with E-state index in [1.165, 1.54) is 0 Å². The van der Waals surface area contributed by atoms with Crippen molar-refractivity contribution in [3.8, 4) is 0 Å². The maximum Gasteiger partial charge on any atom is 0.252 e. The first kappa shape index (κ1) is 16.5. The van der Waals surface area contributed by atoms with Crippen LogP contribution in [0.2, 0.25) is 0 Å². The van der Waals surface area contributed by atoms with Crippen LogP contribution in [0.4, 0.5) is 8.78 Å². The number of rotatable bonds is 4. The van der Waals surface area contributed by atoms with Crippen molar-refractivity contribution in [3.05, 3.63) is 18.0 Å². The summed E-state index contributed by atoms with van der Waals surface area (Å²) in [5.41, 5.74) is 0.904. The maximum absolute atomic E-state index is 12.9. The van der Waals surface area contributed by atoms with E-state index in [0.717, 1.165) is 12.1 Å². The Balaban J connectivity index is 1.40. The normalized spacial score (nSPS) is 30.4. The zero-order valence-corrected chi connectivity index (χ0v) is 14.1. The zero-order valence-electron chi connectivity index (χ0n) is 14.1. The van der Waals surface area contributed by atoms with Gasteiger partial charge in [-0.25, -0.2) is 8.78 Å². The number of nitrogens with zero attached hydrogens (tertiary/aromatic N) is 3. The molecule has 2 fully saturated rings. The van der Waals surface area contributed by atoms with Gasteiger partial charge in [0.05, 0.1) is 24.7 Å². The summed E-state index contributed by atoms with van der Waals surface area (Å²) in [5.74, 6) is -2.24. The lowest BCUT2D eigenvalue weighted by Crippen LogP contribution is -2.51. The van der Waals surface area contributed by atoms with Crippen LogP contribution in [-0.2, 0) is 16.1 Å². The highest BCUT2D eigenvalue weighted by molar-refractivity contribution is 5.82. The summed E-state index contributed by atoms with van der Waals surface area (Å²) in [6, 6.07) is 1.15. The van der Waals surface area contributed by atoms with Gasteiger partial charge in [-0.05, 0) is 18.4 Å². The molecule has 1 aromatic rings. The van der Waals surface area contributed by atoms with Crippen LogP contribution in [0.25, 0.3) is 0 Å². The van der Waals surface area contributed by atoms with Gasteiger partial charge in [0.1, 0.15) is 0 Å². The monoisotopic (exact) mass is 352 g/mol.